The highest BCUT2D eigenvalue weighted by atomic mass is 35.5. The Morgan fingerprint density at radius 3 is 2.82 bits per heavy atom. The molecule has 0 amide bonds. The Morgan fingerprint density at radius 1 is 1.47 bits per heavy atom. The van der Waals surface area contributed by atoms with Gasteiger partial charge in [-0.2, -0.15) is 0 Å². The van der Waals surface area contributed by atoms with Crippen molar-refractivity contribution in [1.82, 2.24) is 0 Å². The van der Waals surface area contributed by atoms with Gasteiger partial charge in [-0.3, -0.25) is 0 Å². The first-order valence-electron chi connectivity index (χ1n) is 5.51. The van der Waals surface area contributed by atoms with Crippen molar-refractivity contribution in [3.05, 3.63) is 34.9 Å². The predicted molar refractivity (Wildman–Crippen MR) is 66.3 cm³/mol. The fourth-order valence-corrected chi connectivity index (χ4v) is 1.70. The Labute approximate surface area is 106 Å². The van der Waals surface area contributed by atoms with E-state index in [1.54, 1.807) is 13.0 Å². The fourth-order valence-electron chi connectivity index (χ4n) is 1.54. The molecule has 1 rings (SSSR count). The van der Waals surface area contributed by atoms with E-state index in [2.05, 4.69) is 0 Å². The Morgan fingerprint density at radius 2 is 2.24 bits per heavy atom. The van der Waals surface area contributed by atoms with Crippen molar-refractivity contribution in [1.29, 1.82) is 0 Å². The summed E-state index contributed by atoms with van der Waals surface area (Å²) in [6.45, 7) is 2.09. The molecule has 3 nitrogen and oxygen atoms in total. The second-order valence-electron chi connectivity index (χ2n) is 3.55. The summed E-state index contributed by atoms with van der Waals surface area (Å²) in [6, 6.07) is 5.41. The van der Waals surface area contributed by atoms with E-state index < -0.39 is 0 Å². The van der Waals surface area contributed by atoms with Gasteiger partial charge in [-0.15, -0.1) is 11.6 Å². The third-order valence-electron chi connectivity index (χ3n) is 2.36. The lowest BCUT2D eigenvalue weighted by molar-refractivity contribution is -0.107. The van der Waals surface area contributed by atoms with Crippen LogP contribution in [0.2, 0.25) is 0 Å². The molecule has 0 heterocycles. The molecule has 0 bridgehead atoms. The van der Waals surface area contributed by atoms with Gasteiger partial charge in [0, 0.05) is 12.3 Å². The number of aldehydes is 1. The number of esters is 1. The minimum absolute atomic E-state index is 0.330. The molecule has 1 aromatic carbocycles. The molecular formula is C13H15ClO3. The molecule has 0 spiro atoms. The quantitative estimate of drug-likeness (QED) is 0.445. The van der Waals surface area contributed by atoms with Crippen LogP contribution in [0.15, 0.2) is 18.2 Å². The highest BCUT2D eigenvalue weighted by molar-refractivity contribution is 6.17. The lowest BCUT2D eigenvalue weighted by Crippen LogP contribution is -2.09. The number of halogens is 1. The van der Waals surface area contributed by atoms with Crippen LogP contribution in [0.25, 0.3) is 0 Å². The van der Waals surface area contributed by atoms with Crippen LogP contribution < -0.4 is 0 Å². The molecule has 1 aromatic rings. The number of aryl methyl sites for hydroxylation is 1. The van der Waals surface area contributed by atoms with Gasteiger partial charge in [0.1, 0.15) is 6.29 Å². The molecule has 0 aliphatic carbocycles. The Bertz CT molecular complexity index is 402. The van der Waals surface area contributed by atoms with E-state index in [0.29, 0.717) is 30.9 Å². The number of carbonyl (C=O) groups is 2. The molecule has 0 saturated carbocycles. The third kappa shape index (κ3) is 3.86. The van der Waals surface area contributed by atoms with Crippen LogP contribution in [-0.2, 0) is 21.8 Å². The normalized spacial score (nSPS) is 10.0. The highest BCUT2D eigenvalue weighted by Crippen LogP contribution is 2.16. The summed E-state index contributed by atoms with van der Waals surface area (Å²) in [5.41, 5.74) is 2.20. The maximum Gasteiger partial charge on any atom is 0.338 e. The SMILES string of the molecule is CCOC(=O)c1cc(CCl)ccc1CCC=O. The number of hydrogen-bond acceptors (Lipinski definition) is 3. The van der Waals surface area contributed by atoms with E-state index in [4.69, 9.17) is 16.3 Å². The van der Waals surface area contributed by atoms with E-state index in [1.807, 2.05) is 12.1 Å². The van der Waals surface area contributed by atoms with Crippen LogP contribution in [0.3, 0.4) is 0 Å². The maximum absolute atomic E-state index is 11.7. The topological polar surface area (TPSA) is 43.4 Å². The zero-order valence-electron chi connectivity index (χ0n) is 9.74. The summed E-state index contributed by atoms with van der Waals surface area (Å²) < 4.78 is 4.98. The second-order valence-corrected chi connectivity index (χ2v) is 3.82. The smallest absolute Gasteiger partial charge is 0.338 e. The van der Waals surface area contributed by atoms with Gasteiger partial charge >= 0.3 is 5.97 Å². The first-order chi connectivity index (χ1) is 8.22. The lowest BCUT2D eigenvalue weighted by Gasteiger charge is -2.09. The zero-order chi connectivity index (χ0) is 12.7. The molecule has 92 valence electrons. The average molecular weight is 255 g/mol. The molecule has 0 fully saturated rings. The van der Waals surface area contributed by atoms with Crippen LogP contribution in [0.5, 0.6) is 0 Å². The number of hydrogen-bond donors (Lipinski definition) is 0. The number of carbonyl (C=O) groups excluding carboxylic acids is 2. The van der Waals surface area contributed by atoms with E-state index in [9.17, 15) is 9.59 Å². The van der Waals surface area contributed by atoms with E-state index in [1.165, 1.54) is 0 Å². The first kappa shape index (κ1) is 13.7. The summed E-state index contributed by atoms with van der Waals surface area (Å²) in [6.07, 6.45) is 1.78. The van der Waals surface area contributed by atoms with E-state index >= 15 is 0 Å². The van der Waals surface area contributed by atoms with Gasteiger partial charge in [-0.25, -0.2) is 4.79 Å². The zero-order valence-corrected chi connectivity index (χ0v) is 10.5. The van der Waals surface area contributed by atoms with Crippen LogP contribution in [0, 0.1) is 0 Å². The van der Waals surface area contributed by atoms with Gasteiger partial charge in [0.25, 0.3) is 0 Å². The summed E-state index contributed by atoms with van der Waals surface area (Å²) in [7, 11) is 0. The standard InChI is InChI=1S/C13H15ClO3/c1-2-17-13(16)12-8-10(9-14)5-6-11(12)4-3-7-15/h5-8H,2-4,9H2,1H3. The van der Waals surface area contributed by atoms with Crippen molar-refractivity contribution in [2.24, 2.45) is 0 Å². The minimum Gasteiger partial charge on any atom is -0.462 e. The van der Waals surface area contributed by atoms with Crippen molar-refractivity contribution in [2.45, 2.75) is 25.6 Å². The number of rotatable bonds is 6. The Balaban J connectivity index is 3.01. The van der Waals surface area contributed by atoms with Gasteiger partial charge < -0.3 is 9.53 Å². The lowest BCUT2D eigenvalue weighted by atomic mass is 10.0. The molecule has 0 radical (unpaired) electrons. The number of alkyl halides is 1. The monoisotopic (exact) mass is 254 g/mol. The summed E-state index contributed by atoms with van der Waals surface area (Å²) in [5, 5.41) is 0. The number of benzene rings is 1. The summed E-state index contributed by atoms with van der Waals surface area (Å²) >= 11 is 5.73. The minimum atomic E-state index is -0.361. The van der Waals surface area contributed by atoms with E-state index in [-0.39, 0.29) is 5.97 Å². The molecule has 4 heteroatoms. The van der Waals surface area contributed by atoms with Crippen molar-refractivity contribution >= 4 is 23.9 Å². The average Bonchev–Trinajstić information content (AvgIpc) is 2.36. The molecule has 0 aliphatic rings. The van der Waals surface area contributed by atoms with Gasteiger partial charge in [-0.1, -0.05) is 12.1 Å². The van der Waals surface area contributed by atoms with Gasteiger partial charge in [0.05, 0.1) is 12.2 Å². The van der Waals surface area contributed by atoms with Gasteiger partial charge in [0.15, 0.2) is 0 Å². The molecule has 0 N–H and O–H groups in total. The van der Waals surface area contributed by atoms with Gasteiger partial charge in [-0.05, 0) is 30.5 Å². The fraction of sp³-hybridized carbons (Fsp3) is 0.385. The number of ether oxygens (including phenoxy) is 1. The molecule has 0 aliphatic heterocycles. The largest absolute Gasteiger partial charge is 0.462 e. The Kier molecular flexibility index (Phi) is 5.70. The van der Waals surface area contributed by atoms with Crippen LogP contribution in [0.1, 0.15) is 34.8 Å². The van der Waals surface area contributed by atoms with Crippen LogP contribution in [0.4, 0.5) is 0 Å². The summed E-state index contributed by atoms with van der Waals surface area (Å²) in [4.78, 5) is 22.1. The predicted octanol–water partition coefficient (Wildman–Crippen LogP) is 2.73. The van der Waals surface area contributed by atoms with Crippen LogP contribution in [-0.4, -0.2) is 18.9 Å². The van der Waals surface area contributed by atoms with Crippen molar-refractivity contribution in [3.63, 3.8) is 0 Å². The van der Waals surface area contributed by atoms with Crippen LogP contribution >= 0.6 is 11.6 Å². The first-order valence-corrected chi connectivity index (χ1v) is 6.04. The summed E-state index contributed by atoms with van der Waals surface area (Å²) in [5.74, 6) is -0.0132. The Hall–Kier alpha value is -1.35. The highest BCUT2D eigenvalue weighted by Gasteiger charge is 2.12. The van der Waals surface area contributed by atoms with Gasteiger partial charge in [0.2, 0.25) is 0 Å². The molecule has 17 heavy (non-hydrogen) atoms. The molecule has 0 saturated heterocycles. The molecule has 0 unspecified atom stereocenters. The second kappa shape index (κ2) is 7.07. The molecule has 0 aromatic heterocycles. The van der Waals surface area contributed by atoms with Crippen molar-refractivity contribution in [2.75, 3.05) is 6.61 Å². The van der Waals surface area contributed by atoms with Crippen molar-refractivity contribution in [3.8, 4) is 0 Å². The third-order valence-corrected chi connectivity index (χ3v) is 2.66. The molecular weight excluding hydrogens is 240 g/mol. The van der Waals surface area contributed by atoms with E-state index in [0.717, 1.165) is 17.4 Å². The van der Waals surface area contributed by atoms with Crippen molar-refractivity contribution < 1.29 is 14.3 Å². The molecule has 0 atom stereocenters. The maximum atomic E-state index is 11.7.